The number of nitrogen functional groups attached to an aromatic ring is 1. The fraction of sp³-hybridized carbons (Fsp3) is 0. The molecule has 0 radical (unpaired) electrons. The first-order valence-electron chi connectivity index (χ1n) is 5.43. The average Bonchev–Trinajstić information content (AvgIpc) is 2.83. The van der Waals surface area contributed by atoms with E-state index in [-0.39, 0.29) is 5.88 Å². The van der Waals surface area contributed by atoms with Crippen molar-refractivity contribution in [3.05, 3.63) is 48.9 Å². The second kappa shape index (κ2) is 4.29. The average molecular weight is 238 g/mol. The number of nitrogens with zero attached hydrogens (tertiary/aromatic N) is 3. The van der Waals surface area contributed by atoms with Crippen LogP contribution in [0.2, 0.25) is 0 Å². The highest BCUT2D eigenvalue weighted by atomic mass is 16.5. The monoisotopic (exact) mass is 238 g/mol. The molecule has 2 N–H and O–H groups in total. The molecule has 0 fully saturated rings. The van der Waals surface area contributed by atoms with Crippen LogP contribution in [0.3, 0.4) is 0 Å². The first-order chi connectivity index (χ1) is 8.86. The summed E-state index contributed by atoms with van der Waals surface area (Å²) in [5.41, 5.74) is 8.84. The maximum absolute atomic E-state index is 5.82. The van der Waals surface area contributed by atoms with Gasteiger partial charge >= 0.3 is 0 Å². The van der Waals surface area contributed by atoms with Gasteiger partial charge in [0, 0.05) is 11.8 Å². The summed E-state index contributed by atoms with van der Waals surface area (Å²) in [5, 5.41) is 4.00. The van der Waals surface area contributed by atoms with E-state index in [1.165, 1.54) is 6.33 Å². The summed E-state index contributed by atoms with van der Waals surface area (Å²) in [6, 6.07) is 11.5. The molecule has 0 unspecified atom stereocenters. The molecule has 18 heavy (non-hydrogen) atoms. The van der Waals surface area contributed by atoms with Crippen LogP contribution in [0.25, 0.3) is 22.5 Å². The van der Waals surface area contributed by atoms with Gasteiger partial charge in [0.2, 0.25) is 5.88 Å². The van der Waals surface area contributed by atoms with Crippen molar-refractivity contribution in [1.82, 2.24) is 15.1 Å². The molecule has 5 heteroatoms. The van der Waals surface area contributed by atoms with E-state index in [1.807, 2.05) is 30.3 Å². The molecular weight excluding hydrogens is 228 g/mol. The number of rotatable bonds is 2. The van der Waals surface area contributed by atoms with Crippen LogP contribution >= 0.6 is 0 Å². The highest BCUT2D eigenvalue weighted by Crippen LogP contribution is 2.34. The molecule has 1 aromatic carbocycles. The number of nitrogens with two attached hydrogens (primary N) is 1. The van der Waals surface area contributed by atoms with Crippen molar-refractivity contribution in [1.29, 1.82) is 0 Å². The summed E-state index contributed by atoms with van der Waals surface area (Å²) in [6.45, 7) is 0. The molecule has 0 atom stereocenters. The summed E-state index contributed by atoms with van der Waals surface area (Å²) in [7, 11) is 0. The Morgan fingerprint density at radius 2 is 1.89 bits per heavy atom. The Kier molecular flexibility index (Phi) is 2.49. The van der Waals surface area contributed by atoms with E-state index in [0.717, 1.165) is 5.56 Å². The first kappa shape index (κ1) is 10.5. The van der Waals surface area contributed by atoms with Crippen molar-refractivity contribution in [3.8, 4) is 22.5 Å². The largest absolute Gasteiger partial charge is 0.367 e. The fourth-order valence-electron chi connectivity index (χ4n) is 1.78. The van der Waals surface area contributed by atoms with Gasteiger partial charge in [0.25, 0.3) is 0 Å². The smallest absolute Gasteiger partial charge is 0.232 e. The fourth-order valence-corrected chi connectivity index (χ4v) is 1.78. The van der Waals surface area contributed by atoms with Gasteiger partial charge in [0.05, 0.1) is 11.3 Å². The van der Waals surface area contributed by atoms with Crippen LogP contribution in [0.4, 0.5) is 5.88 Å². The van der Waals surface area contributed by atoms with Gasteiger partial charge in [-0.05, 0) is 6.07 Å². The Labute approximate surface area is 103 Å². The van der Waals surface area contributed by atoms with Crippen molar-refractivity contribution >= 4 is 5.88 Å². The van der Waals surface area contributed by atoms with E-state index in [9.17, 15) is 0 Å². The summed E-state index contributed by atoms with van der Waals surface area (Å²) in [4.78, 5) is 8.06. The van der Waals surface area contributed by atoms with Crippen molar-refractivity contribution in [2.45, 2.75) is 0 Å². The van der Waals surface area contributed by atoms with E-state index in [4.69, 9.17) is 10.3 Å². The van der Waals surface area contributed by atoms with Crippen LogP contribution in [0.15, 0.2) is 53.4 Å². The quantitative estimate of drug-likeness (QED) is 0.741. The molecule has 88 valence electrons. The molecule has 0 aliphatic heterocycles. The Balaban J connectivity index is 2.19. The van der Waals surface area contributed by atoms with Crippen LogP contribution in [0, 0.1) is 0 Å². The SMILES string of the molecule is Nc1onc(-c2ccccc2)c1-c1ccncn1. The molecular formula is C13H10N4O. The van der Waals surface area contributed by atoms with Gasteiger partial charge in [-0.3, -0.25) is 0 Å². The summed E-state index contributed by atoms with van der Waals surface area (Å²) in [6.07, 6.45) is 3.13. The van der Waals surface area contributed by atoms with Gasteiger partial charge in [0.1, 0.15) is 12.0 Å². The lowest BCUT2D eigenvalue weighted by molar-refractivity contribution is 0.439. The molecule has 0 bridgehead atoms. The highest BCUT2D eigenvalue weighted by Gasteiger charge is 2.17. The Hall–Kier alpha value is -2.69. The minimum atomic E-state index is 0.257. The van der Waals surface area contributed by atoms with E-state index in [1.54, 1.807) is 12.3 Å². The third-order valence-electron chi connectivity index (χ3n) is 2.60. The van der Waals surface area contributed by atoms with Gasteiger partial charge < -0.3 is 10.3 Å². The molecule has 5 nitrogen and oxygen atoms in total. The summed E-state index contributed by atoms with van der Waals surface area (Å²) in [5.74, 6) is 0.257. The molecule has 0 saturated heterocycles. The zero-order valence-corrected chi connectivity index (χ0v) is 9.45. The highest BCUT2D eigenvalue weighted by molar-refractivity contribution is 5.84. The molecule has 2 aromatic heterocycles. The summed E-state index contributed by atoms with van der Waals surface area (Å²) >= 11 is 0. The zero-order valence-electron chi connectivity index (χ0n) is 9.45. The number of anilines is 1. The standard InChI is InChI=1S/C13H10N4O/c14-13-11(10-6-7-15-8-16-10)12(17-18-13)9-4-2-1-3-5-9/h1-8H,14H2. The number of hydrogen-bond acceptors (Lipinski definition) is 5. The number of aromatic nitrogens is 3. The molecule has 0 spiro atoms. The maximum Gasteiger partial charge on any atom is 0.232 e. The molecule has 3 aromatic rings. The summed E-state index contributed by atoms with van der Waals surface area (Å²) < 4.78 is 5.07. The molecule has 3 rings (SSSR count). The van der Waals surface area contributed by atoms with E-state index >= 15 is 0 Å². The van der Waals surface area contributed by atoms with Gasteiger partial charge in [-0.1, -0.05) is 35.5 Å². The third-order valence-corrected chi connectivity index (χ3v) is 2.60. The van der Waals surface area contributed by atoms with Gasteiger partial charge in [-0.25, -0.2) is 9.97 Å². The Morgan fingerprint density at radius 1 is 1.06 bits per heavy atom. The Bertz CT molecular complexity index is 649. The Morgan fingerprint density at radius 3 is 2.61 bits per heavy atom. The molecule has 0 amide bonds. The third kappa shape index (κ3) is 1.71. The topological polar surface area (TPSA) is 77.8 Å². The second-order valence-electron chi connectivity index (χ2n) is 3.73. The van der Waals surface area contributed by atoms with Crippen LogP contribution < -0.4 is 5.73 Å². The first-order valence-corrected chi connectivity index (χ1v) is 5.43. The maximum atomic E-state index is 5.82. The lowest BCUT2D eigenvalue weighted by Crippen LogP contribution is -1.90. The van der Waals surface area contributed by atoms with Crippen LogP contribution in [-0.4, -0.2) is 15.1 Å². The molecule has 2 heterocycles. The second-order valence-corrected chi connectivity index (χ2v) is 3.73. The van der Waals surface area contributed by atoms with E-state index in [0.29, 0.717) is 17.0 Å². The van der Waals surface area contributed by atoms with Crippen molar-refractivity contribution < 1.29 is 4.52 Å². The van der Waals surface area contributed by atoms with Crippen molar-refractivity contribution in [3.63, 3.8) is 0 Å². The predicted octanol–water partition coefficient (Wildman–Crippen LogP) is 2.38. The van der Waals surface area contributed by atoms with Gasteiger partial charge in [0.15, 0.2) is 0 Å². The lowest BCUT2D eigenvalue weighted by atomic mass is 10.1. The number of benzene rings is 1. The van der Waals surface area contributed by atoms with Crippen molar-refractivity contribution in [2.75, 3.05) is 5.73 Å². The van der Waals surface area contributed by atoms with Gasteiger partial charge in [-0.15, -0.1) is 0 Å². The molecule has 0 aliphatic carbocycles. The number of hydrogen-bond donors (Lipinski definition) is 1. The molecule has 0 saturated carbocycles. The van der Waals surface area contributed by atoms with E-state index < -0.39 is 0 Å². The van der Waals surface area contributed by atoms with E-state index in [2.05, 4.69) is 15.1 Å². The molecule has 0 aliphatic rings. The van der Waals surface area contributed by atoms with Crippen molar-refractivity contribution in [2.24, 2.45) is 0 Å². The van der Waals surface area contributed by atoms with Crippen LogP contribution in [-0.2, 0) is 0 Å². The predicted molar refractivity (Wildman–Crippen MR) is 67.4 cm³/mol. The minimum absolute atomic E-state index is 0.257. The minimum Gasteiger partial charge on any atom is -0.367 e. The van der Waals surface area contributed by atoms with Crippen LogP contribution in [0.5, 0.6) is 0 Å². The normalized spacial score (nSPS) is 10.4. The zero-order chi connectivity index (χ0) is 12.4. The van der Waals surface area contributed by atoms with Gasteiger partial charge in [-0.2, -0.15) is 0 Å². The lowest BCUT2D eigenvalue weighted by Gasteiger charge is -2.00. The van der Waals surface area contributed by atoms with Crippen LogP contribution in [0.1, 0.15) is 0 Å².